The van der Waals surface area contributed by atoms with E-state index in [1.54, 1.807) is 0 Å². The molecule has 0 saturated carbocycles. The molecule has 5 unspecified atom stereocenters. The lowest BCUT2D eigenvalue weighted by molar-refractivity contribution is -0.421. The molecule has 0 aromatic rings. The number of ether oxygens (including phenoxy) is 1. The van der Waals surface area contributed by atoms with E-state index in [1.807, 2.05) is 19.6 Å². The monoisotopic (exact) mass is 425 g/mol. The number of Topliss-reactive ketones (excluding diaryl/α,β-unsaturated/α-hetero) is 1. The summed E-state index contributed by atoms with van der Waals surface area (Å²) in [5.41, 5.74) is -1.56. The summed E-state index contributed by atoms with van der Waals surface area (Å²) in [5, 5.41) is 0.757. The predicted molar refractivity (Wildman–Crippen MR) is 99.3 cm³/mol. The lowest BCUT2D eigenvalue weighted by Gasteiger charge is -2.47. The van der Waals surface area contributed by atoms with Crippen molar-refractivity contribution in [1.82, 2.24) is 24.8 Å². The number of nitrogens with zero attached hydrogens (tertiary/aromatic N) is 5. The van der Waals surface area contributed by atoms with Gasteiger partial charge in [0.25, 0.3) is 5.72 Å². The topological polar surface area (TPSA) is 112 Å². The molecular formula is C18H27N5O7. The fraction of sp³-hybridized carbons (Fsp3) is 0.778. The summed E-state index contributed by atoms with van der Waals surface area (Å²) < 4.78 is 5.70. The lowest BCUT2D eigenvalue weighted by atomic mass is 10.1. The second-order valence-corrected chi connectivity index (χ2v) is 8.28. The number of fused-ring (bicyclic) bond motifs is 7. The van der Waals surface area contributed by atoms with Crippen LogP contribution in [0.15, 0.2) is 0 Å². The summed E-state index contributed by atoms with van der Waals surface area (Å²) >= 11 is 0. The molecule has 4 fully saturated rings. The van der Waals surface area contributed by atoms with E-state index in [-0.39, 0.29) is 45.1 Å². The van der Waals surface area contributed by atoms with Crippen LogP contribution in [-0.2, 0) is 33.6 Å². The van der Waals surface area contributed by atoms with Gasteiger partial charge < -0.3 is 14.4 Å². The Kier molecular flexibility index (Phi) is 6.02. The van der Waals surface area contributed by atoms with Crippen molar-refractivity contribution >= 4 is 23.7 Å². The summed E-state index contributed by atoms with van der Waals surface area (Å²) in [6.07, 6.45) is 0. The maximum Gasteiger partial charge on any atom is 0.343 e. The average Bonchev–Trinajstić information content (AvgIpc) is 2.65. The van der Waals surface area contributed by atoms with Crippen LogP contribution in [0.5, 0.6) is 0 Å². The minimum Gasteiger partial charge on any atom is -0.433 e. The molecule has 0 amide bonds. The van der Waals surface area contributed by atoms with Gasteiger partial charge in [0.2, 0.25) is 0 Å². The van der Waals surface area contributed by atoms with E-state index in [2.05, 4.69) is 0 Å². The van der Waals surface area contributed by atoms with E-state index in [9.17, 15) is 19.2 Å². The molecule has 4 aliphatic rings. The molecule has 0 radical (unpaired) electrons. The number of hydrogen-bond donors (Lipinski definition) is 0. The Morgan fingerprint density at radius 1 is 0.800 bits per heavy atom. The maximum atomic E-state index is 12.6. The molecule has 0 aromatic carbocycles. The molecule has 4 saturated heterocycles. The van der Waals surface area contributed by atoms with Crippen molar-refractivity contribution in [2.24, 2.45) is 0 Å². The van der Waals surface area contributed by atoms with E-state index in [4.69, 9.17) is 14.4 Å². The summed E-state index contributed by atoms with van der Waals surface area (Å²) in [4.78, 5) is 68.1. The Morgan fingerprint density at radius 2 is 1.33 bits per heavy atom. The quantitative estimate of drug-likeness (QED) is 0.429. The van der Waals surface area contributed by atoms with Gasteiger partial charge in [-0.15, -0.1) is 0 Å². The molecule has 4 heterocycles. The van der Waals surface area contributed by atoms with Crippen molar-refractivity contribution < 1.29 is 33.6 Å². The second kappa shape index (κ2) is 8.55. The number of hydroxylamine groups is 2. The van der Waals surface area contributed by atoms with Gasteiger partial charge in [-0.05, 0) is 6.92 Å². The number of ketones is 1. The first-order valence-corrected chi connectivity index (χ1v) is 10.1. The number of morpholine rings is 1. The average molecular weight is 425 g/mol. The summed E-state index contributed by atoms with van der Waals surface area (Å²) in [6, 6.07) is 0. The van der Waals surface area contributed by atoms with E-state index in [0.717, 1.165) is 5.23 Å². The zero-order valence-corrected chi connectivity index (χ0v) is 17.1. The Balaban J connectivity index is 1.80. The Morgan fingerprint density at radius 3 is 1.93 bits per heavy atom. The smallest absolute Gasteiger partial charge is 0.343 e. The van der Waals surface area contributed by atoms with Gasteiger partial charge >= 0.3 is 17.9 Å². The molecule has 30 heavy (non-hydrogen) atoms. The minimum atomic E-state index is -1.56. The molecule has 1 spiro atoms. The van der Waals surface area contributed by atoms with Gasteiger partial charge in [0.05, 0.1) is 44.5 Å². The third-order valence-corrected chi connectivity index (χ3v) is 5.65. The maximum absolute atomic E-state index is 12.6. The largest absolute Gasteiger partial charge is 0.433 e. The summed E-state index contributed by atoms with van der Waals surface area (Å²) in [5.74, 6) is -1.78. The highest BCUT2D eigenvalue weighted by Gasteiger charge is 2.53. The van der Waals surface area contributed by atoms with E-state index in [0.29, 0.717) is 39.3 Å². The third kappa shape index (κ3) is 4.78. The van der Waals surface area contributed by atoms with Crippen molar-refractivity contribution in [3.63, 3.8) is 0 Å². The standard InChI is InChI=1S/C18H27N5O7/c1-14(24)8-21-6-4-19-2-3-20-5-7-22-9-15(25)28-18(12-21,13-22)23(29-16(26)10-19)30-17(27)11-20/h2-13H2,1H3. The molecule has 0 N–H and O–H groups in total. The van der Waals surface area contributed by atoms with Gasteiger partial charge in [0, 0.05) is 39.3 Å². The molecule has 5 atom stereocenters. The van der Waals surface area contributed by atoms with E-state index < -0.39 is 23.6 Å². The fourth-order valence-electron chi connectivity index (χ4n) is 4.32. The van der Waals surface area contributed by atoms with Crippen molar-refractivity contribution in [1.29, 1.82) is 0 Å². The molecule has 12 heteroatoms. The van der Waals surface area contributed by atoms with Crippen LogP contribution in [0.25, 0.3) is 0 Å². The summed E-state index contributed by atoms with van der Waals surface area (Å²) in [7, 11) is 0. The fourth-order valence-corrected chi connectivity index (χ4v) is 4.32. The first kappa shape index (κ1) is 21.1. The van der Waals surface area contributed by atoms with Crippen LogP contribution in [0.3, 0.4) is 0 Å². The van der Waals surface area contributed by atoms with Gasteiger partial charge in [-0.25, -0.2) is 9.59 Å². The van der Waals surface area contributed by atoms with Gasteiger partial charge in [0.15, 0.2) is 0 Å². The normalized spacial score (nSPS) is 38.0. The Bertz CT molecular complexity index is 724. The van der Waals surface area contributed by atoms with Crippen LogP contribution in [0.2, 0.25) is 0 Å². The van der Waals surface area contributed by atoms with Crippen LogP contribution < -0.4 is 0 Å². The molecule has 12 nitrogen and oxygen atoms in total. The van der Waals surface area contributed by atoms with Crippen molar-refractivity contribution in [3.05, 3.63) is 0 Å². The SMILES string of the molecule is CC(=O)CN1CCN2CCN3CCN4CC(=O)OC(C1)(C4)N(OC(=O)C2)OC(=O)C3. The first-order chi connectivity index (χ1) is 14.3. The number of carbonyl (C=O) groups excluding carboxylic acids is 4. The number of carbonyl (C=O) groups is 4. The molecular weight excluding hydrogens is 398 g/mol. The van der Waals surface area contributed by atoms with Gasteiger partial charge in [-0.2, -0.15) is 0 Å². The summed E-state index contributed by atoms with van der Waals surface area (Å²) in [6.45, 7) is 5.16. The van der Waals surface area contributed by atoms with Crippen LogP contribution in [0, 0.1) is 0 Å². The van der Waals surface area contributed by atoms with Crippen LogP contribution >= 0.6 is 0 Å². The zero-order chi connectivity index (χ0) is 21.3. The molecule has 166 valence electrons. The number of rotatable bonds is 2. The number of hydrogen-bond acceptors (Lipinski definition) is 12. The van der Waals surface area contributed by atoms with Crippen LogP contribution in [0.4, 0.5) is 0 Å². The first-order valence-electron chi connectivity index (χ1n) is 10.1. The highest BCUT2D eigenvalue weighted by atomic mass is 17.0. The van der Waals surface area contributed by atoms with Gasteiger partial charge in [-0.1, -0.05) is 0 Å². The Labute approximate surface area is 174 Å². The predicted octanol–water partition coefficient (Wildman–Crippen LogP) is -2.70. The molecule has 4 aliphatic heterocycles. The van der Waals surface area contributed by atoms with Gasteiger partial charge in [-0.3, -0.25) is 29.2 Å². The lowest BCUT2D eigenvalue weighted by Crippen LogP contribution is -2.69. The van der Waals surface area contributed by atoms with Crippen molar-refractivity contribution in [2.75, 3.05) is 78.5 Å². The van der Waals surface area contributed by atoms with Crippen LogP contribution in [-0.4, -0.2) is 133 Å². The highest BCUT2D eigenvalue weighted by Crippen LogP contribution is 2.28. The minimum absolute atomic E-state index is 0.0104. The molecule has 4 rings (SSSR count). The third-order valence-electron chi connectivity index (χ3n) is 5.65. The van der Waals surface area contributed by atoms with Gasteiger partial charge in [0.1, 0.15) is 5.78 Å². The van der Waals surface area contributed by atoms with Crippen LogP contribution in [0.1, 0.15) is 6.92 Å². The van der Waals surface area contributed by atoms with Crippen molar-refractivity contribution in [2.45, 2.75) is 12.6 Å². The Hall–Kier alpha value is -2.12. The second-order valence-electron chi connectivity index (χ2n) is 8.28. The highest BCUT2D eigenvalue weighted by molar-refractivity contribution is 5.77. The number of esters is 1. The van der Waals surface area contributed by atoms with E-state index >= 15 is 0 Å². The molecule has 0 aliphatic carbocycles. The van der Waals surface area contributed by atoms with E-state index in [1.165, 1.54) is 6.92 Å². The van der Waals surface area contributed by atoms with Crippen molar-refractivity contribution in [3.8, 4) is 0 Å². The molecule has 5 bridgehead atoms. The zero-order valence-electron chi connectivity index (χ0n) is 17.1. The molecule has 0 aromatic heterocycles.